The fourth-order valence-corrected chi connectivity index (χ4v) is 1.33. The third kappa shape index (κ3) is 4.42. The van der Waals surface area contributed by atoms with E-state index in [9.17, 15) is 9.59 Å². The van der Waals surface area contributed by atoms with Crippen molar-refractivity contribution in [2.45, 2.75) is 41.0 Å². The molecule has 1 aliphatic heterocycles. The van der Waals surface area contributed by atoms with E-state index in [1.807, 2.05) is 13.8 Å². The van der Waals surface area contributed by atoms with Crippen LogP contribution in [0.25, 0.3) is 0 Å². The third-order valence-electron chi connectivity index (χ3n) is 2.06. The Kier molecular flexibility index (Phi) is 9.27. The maximum absolute atomic E-state index is 11.3. The third-order valence-corrected chi connectivity index (χ3v) is 2.06. The second-order valence-electron chi connectivity index (χ2n) is 3.13. The molecule has 4 nitrogen and oxygen atoms in total. The van der Waals surface area contributed by atoms with Crippen LogP contribution in [0.4, 0.5) is 0 Å². The Balaban J connectivity index is -0.000000399. The first-order valence-electron chi connectivity index (χ1n) is 5.21. The van der Waals surface area contributed by atoms with Crippen LogP contribution in [-0.2, 0) is 9.59 Å². The van der Waals surface area contributed by atoms with E-state index in [0.29, 0.717) is 25.9 Å². The summed E-state index contributed by atoms with van der Waals surface area (Å²) in [6, 6.07) is 0. The van der Waals surface area contributed by atoms with Gasteiger partial charge in [0, 0.05) is 20.3 Å². The molecular weight excluding hydrogens is 192 g/mol. The van der Waals surface area contributed by atoms with Gasteiger partial charge in [-0.2, -0.15) is 0 Å². The summed E-state index contributed by atoms with van der Waals surface area (Å²) in [7, 11) is 0. The summed E-state index contributed by atoms with van der Waals surface area (Å²) in [5.41, 5.74) is 5.28. The Hall–Kier alpha value is -0.900. The van der Waals surface area contributed by atoms with Crippen molar-refractivity contribution in [3.8, 4) is 0 Å². The first kappa shape index (κ1) is 16.5. The molecule has 1 fully saturated rings. The maximum atomic E-state index is 11.3. The van der Waals surface area contributed by atoms with Gasteiger partial charge in [-0.05, 0) is 13.0 Å². The molecule has 0 radical (unpaired) electrons. The lowest BCUT2D eigenvalue weighted by molar-refractivity contribution is -0.139. The van der Waals surface area contributed by atoms with Gasteiger partial charge in [0.2, 0.25) is 11.8 Å². The van der Waals surface area contributed by atoms with Crippen LogP contribution < -0.4 is 5.73 Å². The van der Waals surface area contributed by atoms with E-state index in [2.05, 4.69) is 0 Å². The number of hydrogen-bond donors (Lipinski definition) is 1. The highest BCUT2D eigenvalue weighted by Gasteiger charge is 2.34. The number of amides is 2. The number of hydrogen-bond acceptors (Lipinski definition) is 3. The lowest BCUT2D eigenvalue weighted by Gasteiger charge is -2.12. The highest BCUT2D eigenvalue weighted by molar-refractivity contribution is 6.03. The Morgan fingerprint density at radius 2 is 2.00 bits per heavy atom. The molecule has 1 unspecified atom stereocenters. The van der Waals surface area contributed by atoms with Crippen LogP contribution >= 0.6 is 0 Å². The van der Waals surface area contributed by atoms with Gasteiger partial charge in [0.25, 0.3) is 0 Å². The number of nitrogens with two attached hydrogens (primary N) is 1. The van der Waals surface area contributed by atoms with E-state index in [0.717, 1.165) is 0 Å². The van der Waals surface area contributed by atoms with Crippen LogP contribution in [0.2, 0.25) is 0 Å². The van der Waals surface area contributed by atoms with Crippen LogP contribution in [0.3, 0.4) is 0 Å². The number of carbonyl (C=O) groups excluding carboxylic acids is 2. The number of imide groups is 1. The molecule has 0 saturated carbocycles. The monoisotopic (exact) mass is 218 g/mol. The minimum absolute atomic E-state index is 0. The molecule has 1 saturated heterocycles. The molecule has 0 aliphatic carbocycles. The summed E-state index contributed by atoms with van der Waals surface area (Å²) in [5, 5.41) is 0. The van der Waals surface area contributed by atoms with E-state index in [4.69, 9.17) is 5.73 Å². The maximum Gasteiger partial charge on any atom is 0.232 e. The normalized spacial score (nSPS) is 19.5. The van der Waals surface area contributed by atoms with Crippen LogP contribution in [0, 0.1) is 5.92 Å². The largest absolute Gasteiger partial charge is 0.330 e. The molecule has 0 spiro atoms. The van der Waals surface area contributed by atoms with Gasteiger partial charge in [0.1, 0.15) is 0 Å². The molecule has 0 aromatic heterocycles. The fourth-order valence-electron chi connectivity index (χ4n) is 1.33. The molecule has 15 heavy (non-hydrogen) atoms. The molecule has 1 aliphatic rings. The van der Waals surface area contributed by atoms with Gasteiger partial charge in [-0.1, -0.05) is 28.2 Å². The highest BCUT2D eigenvalue weighted by Crippen LogP contribution is 2.18. The second-order valence-corrected chi connectivity index (χ2v) is 3.13. The van der Waals surface area contributed by atoms with E-state index < -0.39 is 0 Å². The zero-order valence-electron chi connectivity index (χ0n) is 9.25. The quantitative estimate of drug-likeness (QED) is 0.732. The molecule has 4 heteroatoms. The van der Waals surface area contributed by atoms with E-state index in [1.165, 1.54) is 4.90 Å². The minimum Gasteiger partial charge on any atom is -0.330 e. The van der Waals surface area contributed by atoms with Crippen molar-refractivity contribution in [3.63, 3.8) is 0 Å². The minimum atomic E-state index is -0.129. The van der Waals surface area contributed by atoms with Crippen LogP contribution in [0.15, 0.2) is 0 Å². The molecule has 0 aromatic carbocycles. The topological polar surface area (TPSA) is 63.4 Å². The lowest BCUT2D eigenvalue weighted by atomic mass is 10.1. The Labute approximate surface area is 94.3 Å². The molecule has 2 amide bonds. The summed E-state index contributed by atoms with van der Waals surface area (Å²) in [4.78, 5) is 23.8. The lowest BCUT2D eigenvalue weighted by Crippen LogP contribution is -2.32. The molecule has 0 aromatic rings. The molecule has 1 rings (SSSR count). The summed E-state index contributed by atoms with van der Waals surface area (Å²) < 4.78 is 0. The average molecular weight is 218 g/mol. The first-order chi connectivity index (χ1) is 6.66. The average Bonchev–Trinajstić information content (AvgIpc) is 2.43. The zero-order chi connectivity index (χ0) is 11.1. The summed E-state index contributed by atoms with van der Waals surface area (Å²) in [5.74, 6) is -0.232. The van der Waals surface area contributed by atoms with Gasteiger partial charge < -0.3 is 5.73 Å². The summed E-state index contributed by atoms with van der Waals surface area (Å²) in [6.07, 6.45) is 1.06. The van der Waals surface area contributed by atoms with Crippen molar-refractivity contribution >= 4 is 11.8 Å². The predicted molar refractivity (Wildman–Crippen MR) is 64.4 cm³/mol. The van der Waals surface area contributed by atoms with Gasteiger partial charge >= 0.3 is 0 Å². The van der Waals surface area contributed by atoms with Crippen LogP contribution in [0.1, 0.15) is 42.5 Å². The van der Waals surface area contributed by atoms with Crippen molar-refractivity contribution in [2.24, 2.45) is 11.7 Å². The van der Waals surface area contributed by atoms with Gasteiger partial charge in [0.15, 0.2) is 0 Å². The van der Waals surface area contributed by atoms with E-state index in [-0.39, 0.29) is 26.6 Å². The second kappa shape index (κ2) is 8.41. The van der Waals surface area contributed by atoms with E-state index in [1.54, 1.807) is 6.92 Å². The fraction of sp³-hybridized carbons (Fsp3) is 0.818. The van der Waals surface area contributed by atoms with Gasteiger partial charge in [-0.15, -0.1) is 0 Å². The molecule has 1 atom stereocenters. The summed E-state index contributed by atoms with van der Waals surface area (Å²) in [6.45, 7) is 6.78. The zero-order valence-corrected chi connectivity index (χ0v) is 9.25. The number of rotatable bonds is 3. The highest BCUT2D eigenvalue weighted by atomic mass is 16.2. The predicted octanol–water partition coefficient (Wildman–Crippen LogP) is 1.64. The smallest absolute Gasteiger partial charge is 0.232 e. The van der Waals surface area contributed by atoms with Crippen LogP contribution in [0.5, 0.6) is 0 Å². The SMILES string of the molecule is C.CC.CC1CC(=O)N(CCCN)C1=O.[HH]. The van der Waals surface area contributed by atoms with Gasteiger partial charge in [0.05, 0.1) is 0 Å². The van der Waals surface area contributed by atoms with Crippen molar-refractivity contribution in [1.29, 1.82) is 0 Å². The van der Waals surface area contributed by atoms with Crippen LogP contribution in [-0.4, -0.2) is 29.8 Å². The van der Waals surface area contributed by atoms with Crippen molar-refractivity contribution < 1.29 is 11.0 Å². The van der Waals surface area contributed by atoms with E-state index >= 15 is 0 Å². The van der Waals surface area contributed by atoms with Crippen molar-refractivity contribution in [1.82, 2.24) is 4.90 Å². The number of nitrogens with zero attached hydrogens (tertiary/aromatic N) is 1. The van der Waals surface area contributed by atoms with Gasteiger partial charge in [-0.3, -0.25) is 14.5 Å². The van der Waals surface area contributed by atoms with Crippen molar-refractivity contribution in [3.05, 3.63) is 0 Å². The Morgan fingerprint density at radius 3 is 2.33 bits per heavy atom. The first-order valence-corrected chi connectivity index (χ1v) is 5.21. The molecule has 2 N–H and O–H groups in total. The molecular formula is C11H26N2O2. The molecule has 92 valence electrons. The standard InChI is InChI=1S/C8H14N2O2.C2H6.CH4.H2/c1-6-5-7(11)10(8(6)12)4-2-3-9;1-2;;/h6H,2-5,9H2,1H3;1-2H3;1H4;1H. The Morgan fingerprint density at radius 1 is 1.47 bits per heavy atom. The van der Waals surface area contributed by atoms with Gasteiger partial charge in [-0.25, -0.2) is 0 Å². The van der Waals surface area contributed by atoms with Crippen molar-refractivity contribution in [2.75, 3.05) is 13.1 Å². The Bertz CT molecular complexity index is 210. The molecule has 1 heterocycles. The number of carbonyl (C=O) groups is 2. The summed E-state index contributed by atoms with van der Waals surface area (Å²) >= 11 is 0. The number of likely N-dealkylation sites (tertiary alicyclic amines) is 1. The molecule has 0 bridgehead atoms.